The van der Waals surface area contributed by atoms with Crippen LogP contribution in [0.4, 0.5) is 4.79 Å². The molecule has 1 aliphatic heterocycles. The first kappa shape index (κ1) is 33.3. The molecular formula is C30H46N6O6. The van der Waals surface area contributed by atoms with E-state index in [1.807, 2.05) is 29.3 Å². The zero-order valence-corrected chi connectivity index (χ0v) is 25.6. The zero-order chi connectivity index (χ0) is 30.5. The summed E-state index contributed by atoms with van der Waals surface area (Å²) in [6.07, 6.45) is 7.81. The monoisotopic (exact) mass is 586 g/mol. The second-order valence-corrected chi connectivity index (χ2v) is 11.0. The molecule has 0 radical (unpaired) electrons. The number of carbonyl (C=O) groups excluding carboxylic acids is 3. The topological polar surface area (TPSA) is 129 Å². The standard InChI is InChI=1S/C30H46N6O6/c1-22(20-37)27(38)14-13-24(41-5)11-10-16-34(3)23(2)29-28(21-40-4)42-30(39)36(29)18-9-8-17-35-19-26(32-33-35)25-12-6-7-15-31-25/h6-7,12,15,19-20,22-24,28-29H,8-11,13-14,16-18,21H2,1-5H3. The molecule has 2 aromatic heterocycles. The van der Waals surface area contributed by atoms with Crippen LogP contribution in [0, 0.1) is 5.92 Å². The van der Waals surface area contributed by atoms with E-state index in [4.69, 9.17) is 14.2 Å². The quantitative estimate of drug-likeness (QED) is 0.130. The Kier molecular flexibility index (Phi) is 13.5. The van der Waals surface area contributed by atoms with E-state index >= 15 is 0 Å². The van der Waals surface area contributed by atoms with Crippen molar-refractivity contribution in [3.63, 3.8) is 0 Å². The molecule has 0 aliphatic carbocycles. The Balaban J connectivity index is 1.49. The van der Waals surface area contributed by atoms with Gasteiger partial charge in [-0.2, -0.15) is 0 Å². The number of nitrogens with zero attached hydrogens (tertiary/aromatic N) is 6. The molecule has 2 aromatic rings. The van der Waals surface area contributed by atoms with E-state index in [1.54, 1.807) is 32.0 Å². The molecule has 0 bridgehead atoms. The number of carbonyl (C=O) groups is 3. The highest BCUT2D eigenvalue weighted by Gasteiger charge is 2.45. The van der Waals surface area contributed by atoms with Crippen molar-refractivity contribution in [3.05, 3.63) is 30.6 Å². The SMILES string of the molecule is COCC1OC(=O)N(CCCCn2cc(-c3ccccn3)nn2)C1C(C)N(C)CCCC(CCC(=O)C(C)C=O)OC. The number of aldehydes is 1. The third-order valence-electron chi connectivity index (χ3n) is 8.05. The highest BCUT2D eigenvalue weighted by Crippen LogP contribution is 2.26. The van der Waals surface area contributed by atoms with Crippen molar-refractivity contribution in [1.82, 2.24) is 29.8 Å². The first-order valence-corrected chi connectivity index (χ1v) is 14.8. The van der Waals surface area contributed by atoms with Crippen LogP contribution in [0.25, 0.3) is 11.4 Å². The van der Waals surface area contributed by atoms with Gasteiger partial charge in [-0.1, -0.05) is 11.3 Å². The van der Waals surface area contributed by atoms with E-state index in [0.29, 0.717) is 38.8 Å². The second kappa shape index (κ2) is 17.0. The van der Waals surface area contributed by atoms with Gasteiger partial charge in [-0.3, -0.25) is 19.4 Å². The lowest BCUT2D eigenvalue weighted by Crippen LogP contribution is -2.52. The maximum Gasteiger partial charge on any atom is 0.410 e. The van der Waals surface area contributed by atoms with Crippen molar-refractivity contribution < 1.29 is 28.6 Å². The zero-order valence-electron chi connectivity index (χ0n) is 25.6. The number of rotatable bonds is 20. The molecule has 0 aromatic carbocycles. The molecule has 3 heterocycles. The molecule has 1 fully saturated rings. The first-order valence-electron chi connectivity index (χ1n) is 14.8. The molecule has 5 atom stereocenters. The molecular weight excluding hydrogens is 540 g/mol. The summed E-state index contributed by atoms with van der Waals surface area (Å²) in [6, 6.07) is 5.57. The van der Waals surface area contributed by atoms with Gasteiger partial charge in [0.1, 0.15) is 23.9 Å². The van der Waals surface area contributed by atoms with E-state index in [9.17, 15) is 14.4 Å². The Bertz CT molecular complexity index is 1110. The molecule has 42 heavy (non-hydrogen) atoms. The van der Waals surface area contributed by atoms with Crippen molar-refractivity contribution in [1.29, 1.82) is 0 Å². The number of unbranched alkanes of at least 4 members (excludes halogenated alkanes) is 1. The predicted molar refractivity (Wildman–Crippen MR) is 157 cm³/mol. The van der Waals surface area contributed by atoms with Crippen LogP contribution in [-0.4, -0.2) is 113 Å². The molecule has 232 valence electrons. The van der Waals surface area contributed by atoms with Gasteiger partial charge < -0.3 is 23.9 Å². The van der Waals surface area contributed by atoms with E-state index in [2.05, 4.69) is 34.2 Å². The number of cyclic esters (lactones) is 1. The Morgan fingerprint density at radius 3 is 2.62 bits per heavy atom. The largest absolute Gasteiger partial charge is 0.441 e. The van der Waals surface area contributed by atoms with Gasteiger partial charge >= 0.3 is 6.09 Å². The van der Waals surface area contributed by atoms with Crippen LogP contribution in [0.2, 0.25) is 0 Å². The summed E-state index contributed by atoms with van der Waals surface area (Å²) in [4.78, 5) is 44.2. The number of ether oxygens (including phenoxy) is 3. The summed E-state index contributed by atoms with van der Waals surface area (Å²) in [7, 11) is 5.32. The number of aromatic nitrogens is 4. The molecule has 1 amide bonds. The van der Waals surface area contributed by atoms with E-state index in [0.717, 1.165) is 43.6 Å². The number of methoxy groups -OCH3 is 2. The number of aryl methyl sites for hydroxylation is 1. The fourth-order valence-corrected chi connectivity index (χ4v) is 5.31. The number of hydrogen-bond acceptors (Lipinski definition) is 10. The number of ketones is 1. The highest BCUT2D eigenvalue weighted by molar-refractivity contribution is 5.92. The van der Waals surface area contributed by atoms with Gasteiger partial charge in [-0.25, -0.2) is 4.79 Å². The lowest BCUT2D eigenvalue weighted by molar-refractivity contribution is -0.127. The summed E-state index contributed by atoms with van der Waals surface area (Å²) in [5, 5.41) is 8.44. The van der Waals surface area contributed by atoms with Crippen LogP contribution in [0.3, 0.4) is 0 Å². The predicted octanol–water partition coefficient (Wildman–Crippen LogP) is 3.26. The summed E-state index contributed by atoms with van der Waals surface area (Å²) in [6.45, 7) is 6.13. The van der Waals surface area contributed by atoms with Crippen molar-refractivity contribution in [2.24, 2.45) is 5.92 Å². The van der Waals surface area contributed by atoms with Crippen LogP contribution in [-0.2, 0) is 30.3 Å². The average Bonchev–Trinajstić information content (AvgIpc) is 3.60. The van der Waals surface area contributed by atoms with E-state index in [1.165, 1.54) is 0 Å². The highest BCUT2D eigenvalue weighted by atomic mass is 16.6. The molecule has 0 N–H and O–H groups in total. The maximum atomic E-state index is 12.9. The van der Waals surface area contributed by atoms with Crippen LogP contribution in [0.5, 0.6) is 0 Å². The van der Waals surface area contributed by atoms with Crippen LogP contribution in [0.15, 0.2) is 30.6 Å². The van der Waals surface area contributed by atoms with Crippen LogP contribution >= 0.6 is 0 Å². The number of hydrogen-bond donors (Lipinski definition) is 0. The fraction of sp³-hybridized carbons (Fsp3) is 0.667. The molecule has 3 rings (SSSR count). The third kappa shape index (κ3) is 9.40. The van der Waals surface area contributed by atoms with Crippen molar-refractivity contribution in [2.45, 2.75) is 83.2 Å². The molecule has 0 spiro atoms. The van der Waals surface area contributed by atoms with Gasteiger partial charge in [-0.05, 0) is 71.7 Å². The van der Waals surface area contributed by atoms with E-state index < -0.39 is 5.92 Å². The van der Waals surface area contributed by atoms with Crippen molar-refractivity contribution in [3.8, 4) is 11.4 Å². The number of likely N-dealkylation sites (N-methyl/N-ethyl adjacent to an activating group) is 1. The van der Waals surface area contributed by atoms with Crippen LogP contribution in [0.1, 0.15) is 52.4 Å². The molecule has 0 saturated carbocycles. The minimum atomic E-state index is -0.568. The fourth-order valence-electron chi connectivity index (χ4n) is 5.31. The number of amides is 1. The summed E-state index contributed by atoms with van der Waals surface area (Å²) < 4.78 is 18.5. The Labute approximate surface area is 248 Å². The molecule has 5 unspecified atom stereocenters. The first-order chi connectivity index (χ1) is 20.3. The molecule has 1 saturated heterocycles. The lowest BCUT2D eigenvalue weighted by atomic mass is 9.99. The minimum absolute atomic E-state index is 0.0314. The average molecular weight is 587 g/mol. The lowest BCUT2D eigenvalue weighted by Gasteiger charge is -2.35. The van der Waals surface area contributed by atoms with Crippen LogP contribution < -0.4 is 0 Å². The summed E-state index contributed by atoms with van der Waals surface area (Å²) >= 11 is 0. The summed E-state index contributed by atoms with van der Waals surface area (Å²) in [5.74, 6) is -0.620. The maximum absolute atomic E-state index is 12.9. The van der Waals surface area contributed by atoms with Gasteiger partial charge in [0, 0.05) is 46.0 Å². The van der Waals surface area contributed by atoms with Gasteiger partial charge in [0.15, 0.2) is 0 Å². The number of Topliss-reactive ketones (excluding diaryl/α,β-unsaturated/α-hetero) is 1. The number of pyridine rings is 1. The van der Waals surface area contributed by atoms with Crippen molar-refractivity contribution >= 4 is 18.2 Å². The summed E-state index contributed by atoms with van der Waals surface area (Å²) in [5.41, 5.74) is 1.52. The normalized spacial score (nSPS) is 19.1. The molecule has 12 nitrogen and oxygen atoms in total. The molecule has 1 aliphatic rings. The minimum Gasteiger partial charge on any atom is -0.441 e. The Morgan fingerprint density at radius 2 is 1.93 bits per heavy atom. The second-order valence-electron chi connectivity index (χ2n) is 11.0. The van der Waals surface area contributed by atoms with Crippen molar-refractivity contribution in [2.75, 3.05) is 41.0 Å². The van der Waals surface area contributed by atoms with Gasteiger partial charge in [0.05, 0.1) is 36.6 Å². The third-order valence-corrected chi connectivity index (χ3v) is 8.05. The van der Waals surface area contributed by atoms with Gasteiger partial charge in [-0.15, -0.1) is 5.10 Å². The van der Waals surface area contributed by atoms with Gasteiger partial charge in [0.25, 0.3) is 0 Å². The van der Waals surface area contributed by atoms with Gasteiger partial charge in [0.2, 0.25) is 0 Å². The smallest absolute Gasteiger partial charge is 0.410 e. The van der Waals surface area contributed by atoms with E-state index in [-0.39, 0.29) is 36.2 Å². The Morgan fingerprint density at radius 1 is 1.14 bits per heavy atom. The Hall–Kier alpha value is -3.22. The molecule has 12 heteroatoms.